The molecule has 6 heteroatoms. The third kappa shape index (κ3) is 6.78. The first kappa shape index (κ1) is 24.2. The van der Waals surface area contributed by atoms with E-state index >= 15 is 0 Å². The van der Waals surface area contributed by atoms with Gasteiger partial charge in [0.05, 0.1) is 17.9 Å². The Labute approximate surface area is 196 Å². The molecule has 3 aliphatic rings. The van der Waals surface area contributed by atoms with Crippen LogP contribution < -0.4 is 0 Å². The minimum absolute atomic E-state index is 0.0675. The molecule has 6 nitrogen and oxygen atoms in total. The molecule has 0 bridgehead atoms. The Morgan fingerprint density at radius 2 is 1.75 bits per heavy atom. The molecule has 2 saturated heterocycles. The maximum absolute atomic E-state index is 6.30. The van der Waals surface area contributed by atoms with Crippen LogP contribution >= 0.6 is 0 Å². The molecule has 1 saturated carbocycles. The highest BCUT2D eigenvalue weighted by Gasteiger charge is 2.35. The van der Waals surface area contributed by atoms with E-state index in [0.717, 1.165) is 19.7 Å². The fraction of sp³-hybridized carbons (Fsp3) is 0.885. The SMILES string of the molecule is CN1CCCN(CC2CN(Cc3c[nH]nc3C3CCCCC3)CC2COC(C)(C)C)CC1. The van der Waals surface area contributed by atoms with Crippen LogP contribution in [0.3, 0.4) is 0 Å². The topological polar surface area (TPSA) is 47.6 Å². The summed E-state index contributed by atoms with van der Waals surface area (Å²) in [6.45, 7) is 16.9. The molecule has 0 spiro atoms. The summed E-state index contributed by atoms with van der Waals surface area (Å²) in [5, 5.41) is 7.91. The number of aromatic amines is 1. The van der Waals surface area contributed by atoms with E-state index in [-0.39, 0.29) is 5.60 Å². The number of likely N-dealkylation sites (N-methyl/N-ethyl adjacent to an activating group) is 1. The van der Waals surface area contributed by atoms with Crippen molar-refractivity contribution in [2.75, 3.05) is 59.5 Å². The lowest BCUT2D eigenvalue weighted by Crippen LogP contribution is -2.37. The molecule has 2 unspecified atom stereocenters. The quantitative estimate of drug-likeness (QED) is 0.688. The van der Waals surface area contributed by atoms with Crippen molar-refractivity contribution in [3.8, 4) is 0 Å². The van der Waals surface area contributed by atoms with Crippen LogP contribution in [0, 0.1) is 11.8 Å². The van der Waals surface area contributed by atoms with E-state index in [1.54, 1.807) is 0 Å². The molecule has 2 aliphatic heterocycles. The van der Waals surface area contributed by atoms with Crippen LogP contribution in [0.4, 0.5) is 0 Å². The lowest BCUT2D eigenvalue weighted by molar-refractivity contribution is -0.0283. The van der Waals surface area contributed by atoms with E-state index in [9.17, 15) is 0 Å². The van der Waals surface area contributed by atoms with E-state index < -0.39 is 0 Å². The monoisotopic (exact) mass is 445 g/mol. The van der Waals surface area contributed by atoms with Crippen molar-refractivity contribution in [2.45, 2.75) is 77.4 Å². The Morgan fingerprint density at radius 3 is 2.53 bits per heavy atom. The Hall–Kier alpha value is -0.950. The summed E-state index contributed by atoms with van der Waals surface area (Å²) in [4.78, 5) is 7.88. The zero-order valence-electron chi connectivity index (χ0n) is 21.1. The molecule has 1 aromatic heterocycles. The maximum Gasteiger partial charge on any atom is 0.0697 e. The predicted octanol–water partition coefficient (Wildman–Crippen LogP) is 3.96. The number of hydrogen-bond donors (Lipinski definition) is 1. The number of likely N-dealkylation sites (tertiary alicyclic amines) is 1. The molecule has 4 rings (SSSR count). The zero-order valence-corrected chi connectivity index (χ0v) is 21.1. The van der Waals surface area contributed by atoms with Gasteiger partial charge in [-0.2, -0.15) is 5.10 Å². The average molecular weight is 446 g/mol. The molecule has 3 heterocycles. The highest BCUT2D eigenvalue weighted by atomic mass is 16.5. The van der Waals surface area contributed by atoms with Gasteiger partial charge in [0.25, 0.3) is 0 Å². The van der Waals surface area contributed by atoms with Crippen LogP contribution in [0.2, 0.25) is 0 Å². The van der Waals surface area contributed by atoms with Gasteiger partial charge < -0.3 is 14.5 Å². The van der Waals surface area contributed by atoms with Crippen molar-refractivity contribution in [1.82, 2.24) is 24.9 Å². The number of ether oxygens (including phenoxy) is 1. The lowest BCUT2D eigenvalue weighted by atomic mass is 9.85. The summed E-state index contributed by atoms with van der Waals surface area (Å²) in [5.74, 6) is 1.96. The fourth-order valence-corrected chi connectivity index (χ4v) is 5.95. The second-order valence-corrected chi connectivity index (χ2v) is 11.7. The number of H-pyrrole nitrogens is 1. The Balaban J connectivity index is 1.39. The first-order chi connectivity index (χ1) is 15.4. The van der Waals surface area contributed by atoms with Gasteiger partial charge in [-0.1, -0.05) is 19.3 Å². The van der Waals surface area contributed by atoms with Gasteiger partial charge in [-0.05, 0) is 66.1 Å². The smallest absolute Gasteiger partial charge is 0.0697 e. The summed E-state index contributed by atoms with van der Waals surface area (Å²) < 4.78 is 6.30. The molecule has 182 valence electrons. The largest absolute Gasteiger partial charge is 0.376 e. The molecular weight excluding hydrogens is 398 g/mol. The summed E-state index contributed by atoms with van der Waals surface area (Å²) in [7, 11) is 2.26. The zero-order chi connectivity index (χ0) is 22.6. The molecule has 0 radical (unpaired) electrons. The van der Waals surface area contributed by atoms with E-state index in [4.69, 9.17) is 9.84 Å². The van der Waals surface area contributed by atoms with Gasteiger partial charge in [0.1, 0.15) is 0 Å². The molecule has 1 aliphatic carbocycles. The third-order valence-electron chi connectivity index (χ3n) is 7.83. The fourth-order valence-electron chi connectivity index (χ4n) is 5.95. The minimum Gasteiger partial charge on any atom is -0.376 e. The Bertz CT molecular complexity index is 693. The van der Waals surface area contributed by atoms with E-state index in [1.807, 2.05) is 0 Å². The normalized spacial score (nSPS) is 27.8. The van der Waals surface area contributed by atoms with Crippen LogP contribution in [0.1, 0.15) is 76.5 Å². The lowest BCUT2D eigenvalue weighted by Gasteiger charge is -2.29. The van der Waals surface area contributed by atoms with E-state index in [1.165, 1.54) is 89.1 Å². The molecule has 0 amide bonds. The van der Waals surface area contributed by atoms with Crippen molar-refractivity contribution in [1.29, 1.82) is 0 Å². The molecule has 1 N–H and O–H groups in total. The predicted molar refractivity (Wildman–Crippen MR) is 131 cm³/mol. The van der Waals surface area contributed by atoms with Crippen LogP contribution in [0.5, 0.6) is 0 Å². The highest BCUT2D eigenvalue weighted by molar-refractivity contribution is 5.21. The summed E-state index contributed by atoms with van der Waals surface area (Å²) in [6.07, 6.45) is 10.2. The molecule has 3 fully saturated rings. The molecule has 32 heavy (non-hydrogen) atoms. The molecule has 2 atom stereocenters. The van der Waals surface area contributed by atoms with Crippen LogP contribution in [0.15, 0.2) is 6.20 Å². The van der Waals surface area contributed by atoms with E-state index in [0.29, 0.717) is 17.8 Å². The molecule has 1 aromatic rings. The van der Waals surface area contributed by atoms with Crippen molar-refractivity contribution in [2.24, 2.45) is 11.8 Å². The van der Waals surface area contributed by atoms with Crippen molar-refractivity contribution in [3.05, 3.63) is 17.5 Å². The minimum atomic E-state index is -0.0675. The van der Waals surface area contributed by atoms with Gasteiger partial charge >= 0.3 is 0 Å². The summed E-state index contributed by atoms with van der Waals surface area (Å²) in [5.41, 5.74) is 2.72. The third-order valence-corrected chi connectivity index (χ3v) is 7.83. The van der Waals surface area contributed by atoms with Gasteiger partial charge in [0, 0.05) is 62.9 Å². The number of aromatic nitrogens is 2. The summed E-state index contributed by atoms with van der Waals surface area (Å²) in [6, 6.07) is 0. The van der Waals surface area contributed by atoms with Crippen LogP contribution in [-0.2, 0) is 11.3 Å². The van der Waals surface area contributed by atoms with Crippen molar-refractivity contribution in [3.63, 3.8) is 0 Å². The van der Waals surface area contributed by atoms with Crippen molar-refractivity contribution >= 4 is 0 Å². The van der Waals surface area contributed by atoms with Crippen LogP contribution in [-0.4, -0.2) is 90.0 Å². The maximum atomic E-state index is 6.30. The average Bonchev–Trinajstić information content (AvgIpc) is 3.31. The van der Waals surface area contributed by atoms with E-state index in [2.05, 4.69) is 53.8 Å². The van der Waals surface area contributed by atoms with Crippen molar-refractivity contribution < 1.29 is 4.74 Å². The van der Waals surface area contributed by atoms with Crippen LogP contribution in [0.25, 0.3) is 0 Å². The molecule has 0 aromatic carbocycles. The number of nitrogens with zero attached hydrogens (tertiary/aromatic N) is 4. The number of nitrogens with one attached hydrogen (secondary N) is 1. The van der Waals surface area contributed by atoms with Gasteiger partial charge in [0.2, 0.25) is 0 Å². The number of hydrogen-bond acceptors (Lipinski definition) is 5. The Kier molecular flexibility index (Phi) is 8.30. The first-order valence-corrected chi connectivity index (χ1v) is 13.2. The van der Waals surface area contributed by atoms with Gasteiger partial charge in [-0.3, -0.25) is 10.00 Å². The second kappa shape index (κ2) is 11.0. The van der Waals surface area contributed by atoms with Gasteiger partial charge in [0.15, 0.2) is 0 Å². The molecular formula is C26H47N5O. The Morgan fingerprint density at radius 1 is 0.969 bits per heavy atom. The standard InChI is InChI=1S/C26H47N5O/c1-26(2,3)32-20-24-19-31(18-23(24)17-30-12-8-11-29(4)13-14-30)16-22-15-27-28-25(22)21-9-6-5-7-10-21/h15,21,23-24H,5-14,16-20H2,1-4H3,(H,27,28). The summed E-state index contributed by atoms with van der Waals surface area (Å²) >= 11 is 0. The van der Waals surface area contributed by atoms with Gasteiger partial charge in [-0.25, -0.2) is 0 Å². The highest BCUT2D eigenvalue weighted by Crippen LogP contribution is 2.35. The first-order valence-electron chi connectivity index (χ1n) is 13.2. The second-order valence-electron chi connectivity index (χ2n) is 11.7. The number of rotatable bonds is 7. The van der Waals surface area contributed by atoms with Gasteiger partial charge in [-0.15, -0.1) is 0 Å².